The van der Waals surface area contributed by atoms with Crippen LogP contribution in [0.1, 0.15) is 31.2 Å². The molecule has 0 spiro atoms. The van der Waals surface area contributed by atoms with Gasteiger partial charge in [-0.15, -0.1) is 0 Å². The highest BCUT2D eigenvalue weighted by molar-refractivity contribution is 5.89. The number of hydrogen-bond acceptors (Lipinski definition) is 3. The molecule has 6 heteroatoms. The molecule has 1 aromatic heterocycles. The fourth-order valence-corrected chi connectivity index (χ4v) is 2.25. The minimum atomic E-state index is -1.01. The molecule has 6 nitrogen and oxygen atoms in total. The van der Waals surface area contributed by atoms with E-state index in [9.17, 15) is 9.59 Å². The zero-order valence-corrected chi connectivity index (χ0v) is 11.8. The SMILES string of the molecule is O=C(O)/C=C/c1ccnc(NC(=O)N2CCCCCC2)c1. The van der Waals surface area contributed by atoms with Crippen LogP contribution in [0.15, 0.2) is 24.4 Å². The number of aliphatic carboxylic acids is 1. The Labute approximate surface area is 123 Å². The third kappa shape index (κ3) is 4.91. The van der Waals surface area contributed by atoms with Gasteiger partial charge >= 0.3 is 12.0 Å². The first-order valence-electron chi connectivity index (χ1n) is 7.08. The maximum Gasteiger partial charge on any atom is 0.328 e. The second-order valence-electron chi connectivity index (χ2n) is 4.98. The monoisotopic (exact) mass is 289 g/mol. The third-order valence-electron chi connectivity index (χ3n) is 3.33. The summed E-state index contributed by atoms with van der Waals surface area (Å²) in [6, 6.07) is 3.18. The van der Waals surface area contributed by atoms with Crippen LogP contribution in [0.3, 0.4) is 0 Å². The van der Waals surface area contributed by atoms with Crippen molar-refractivity contribution >= 4 is 23.9 Å². The quantitative estimate of drug-likeness (QED) is 0.838. The lowest BCUT2D eigenvalue weighted by Crippen LogP contribution is -2.35. The molecule has 2 N–H and O–H groups in total. The second-order valence-corrected chi connectivity index (χ2v) is 4.98. The van der Waals surface area contributed by atoms with E-state index >= 15 is 0 Å². The largest absolute Gasteiger partial charge is 0.478 e. The van der Waals surface area contributed by atoms with Gasteiger partial charge < -0.3 is 10.0 Å². The zero-order chi connectivity index (χ0) is 15.1. The summed E-state index contributed by atoms with van der Waals surface area (Å²) < 4.78 is 0. The van der Waals surface area contributed by atoms with Crippen molar-refractivity contribution < 1.29 is 14.7 Å². The summed E-state index contributed by atoms with van der Waals surface area (Å²) >= 11 is 0. The number of aromatic nitrogens is 1. The number of carboxylic acids is 1. The van der Waals surface area contributed by atoms with E-state index in [1.807, 2.05) is 0 Å². The molecular weight excluding hydrogens is 270 g/mol. The predicted molar refractivity (Wildman–Crippen MR) is 80.0 cm³/mol. The highest BCUT2D eigenvalue weighted by atomic mass is 16.4. The molecule has 0 unspecified atom stereocenters. The zero-order valence-electron chi connectivity index (χ0n) is 11.8. The van der Waals surface area contributed by atoms with Gasteiger partial charge in [-0.25, -0.2) is 14.6 Å². The van der Waals surface area contributed by atoms with E-state index < -0.39 is 5.97 Å². The first kappa shape index (κ1) is 15.0. The van der Waals surface area contributed by atoms with Gasteiger partial charge in [0.05, 0.1) is 0 Å². The molecule has 0 radical (unpaired) electrons. The van der Waals surface area contributed by atoms with E-state index in [0.29, 0.717) is 11.4 Å². The van der Waals surface area contributed by atoms with Crippen LogP contribution in [0.2, 0.25) is 0 Å². The molecule has 0 aromatic carbocycles. The molecule has 0 saturated carbocycles. The number of urea groups is 1. The number of rotatable bonds is 3. The van der Waals surface area contributed by atoms with Crippen LogP contribution in [0.5, 0.6) is 0 Å². The molecule has 2 amide bonds. The Morgan fingerprint density at radius 1 is 1.24 bits per heavy atom. The molecule has 21 heavy (non-hydrogen) atoms. The number of nitrogens with zero attached hydrogens (tertiary/aromatic N) is 2. The van der Waals surface area contributed by atoms with Crippen LogP contribution in [-0.2, 0) is 4.79 Å². The number of carbonyl (C=O) groups excluding carboxylic acids is 1. The fraction of sp³-hybridized carbons (Fsp3) is 0.400. The molecule has 1 aliphatic rings. The number of carboxylic acid groups (broad SMARTS) is 1. The Morgan fingerprint density at radius 2 is 1.95 bits per heavy atom. The maximum atomic E-state index is 12.2. The average Bonchev–Trinajstić information content (AvgIpc) is 2.74. The maximum absolute atomic E-state index is 12.2. The average molecular weight is 289 g/mol. The van der Waals surface area contributed by atoms with Crippen molar-refractivity contribution in [2.45, 2.75) is 25.7 Å². The molecule has 0 atom stereocenters. The first-order valence-corrected chi connectivity index (χ1v) is 7.08. The predicted octanol–water partition coefficient (Wildman–Crippen LogP) is 2.59. The molecule has 1 fully saturated rings. The van der Waals surface area contributed by atoms with Crippen LogP contribution >= 0.6 is 0 Å². The summed E-state index contributed by atoms with van der Waals surface area (Å²) in [5.74, 6) is -0.584. The Kier molecular flexibility index (Phi) is 5.31. The minimum absolute atomic E-state index is 0.149. The van der Waals surface area contributed by atoms with Crippen molar-refractivity contribution in [3.63, 3.8) is 0 Å². The Balaban J connectivity index is 1.99. The van der Waals surface area contributed by atoms with E-state index in [-0.39, 0.29) is 6.03 Å². The van der Waals surface area contributed by atoms with Gasteiger partial charge in [-0.1, -0.05) is 12.8 Å². The van der Waals surface area contributed by atoms with Crippen molar-refractivity contribution in [3.8, 4) is 0 Å². The van der Waals surface area contributed by atoms with Gasteiger partial charge in [0, 0.05) is 25.4 Å². The van der Waals surface area contributed by atoms with Crippen LogP contribution in [0.25, 0.3) is 6.08 Å². The van der Waals surface area contributed by atoms with Gasteiger partial charge in [0.1, 0.15) is 5.82 Å². The summed E-state index contributed by atoms with van der Waals surface area (Å²) in [6.07, 6.45) is 8.44. The highest BCUT2D eigenvalue weighted by Crippen LogP contribution is 2.13. The number of nitrogens with one attached hydrogen (secondary N) is 1. The first-order chi connectivity index (χ1) is 10.1. The molecule has 112 valence electrons. The smallest absolute Gasteiger partial charge is 0.328 e. The standard InChI is InChI=1S/C15H19N3O3/c19-14(20)6-5-12-7-8-16-13(11-12)17-15(21)18-9-3-1-2-4-10-18/h5-8,11H,1-4,9-10H2,(H,19,20)(H,16,17,21)/b6-5+. The van der Waals surface area contributed by atoms with E-state index in [1.165, 1.54) is 6.08 Å². The fourth-order valence-electron chi connectivity index (χ4n) is 2.25. The van der Waals surface area contributed by atoms with Gasteiger partial charge in [-0.3, -0.25) is 5.32 Å². The Hall–Kier alpha value is -2.37. The van der Waals surface area contributed by atoms with Gasteiger partial charge in [0.15, 0.2) is 0 Å². The number of hydrogen-bond donors (Lipinski definition) is 2. The number of carbonyl (C=O) groups is 2. The summed E-state index contributed by atoms with van der Waals surface area (Å²) in [6.45, 7) is 1.54. The molecule has 1 aromatic rings. The molecular formula is C15H19N3O3. The lowest BCUT2D eigenvalue weighted by Gasteiger charge is -2.20. The summed E-state index contributed by atoms with van der Waals surface area (Å²) in [4.78, 5) is 28.5. The molecule has 2 heterocycles. The van der Waals surface area contributed by atoms with Gasteiger partial charge in [-0.05, 0) is 36.6 Å². The number of likely N-dealkylation sites (tertiary alicyclic amines) is 1. The van der Waals surface area contributed by atoms with Crippen LogP contribution in [-0.4, -0.2) is 40.1 Å². The van der Waals surface area contributed by atoms with Gasteiger partial charge in [0.2, 0.25) is 0 Å². The molecule has 1 saturated heterocycles. The third-order valence-corrected chi connectivity index (χ3v) is 3.33. The van der Waals surface area contributed by atoms with Gasteiger partial charge in [0.25, 0.3) is 0 Å². The van der Waals surface area contributed by atoms with Crippen molar-refractivity contribution in [1.29, 1.82) is 0 Å². The summed E-state index contributed by atoms with van der Waals surface area (Å²) in [5.41, 5.74) is 0.679. The lowest BCUT2D eigenvalue weighted by atomic mass is 10.2. The lowest BCUT2D eigenvalue weighted by molar-refractivity contribution is -0.131. The Morgan fingerprint density at radius 3 is 2.62 bits per heavy atom. The van der Waals surface area contributed by atoms with Crippen molar-refractivity contribution in [3.05, 3.63) is 30.0 Å². The molecule has 1 aliphatic heterocycles. The van der Waals surface area contributed by atoms with Crippen molar-refractivity contribution in [2.75, 3.05) is 18.4 Å². The normalized spacial score (nSPS) is 15.7. The molecule has 2 rings (SSSR count). The number of amides is 2. The van der Waals surface area contributed by atoms with Crippen molar-refractivity contribution in [2.24, 2.45) is 0 Å². The van der Waals surface area contributed by atoms with Gasteiger partial charge in [-0.2, -0.15) is 0 Å². The second kappa shape index (κ2) is 7.42. The van der Waals surface area contributed by atoms with Crippen LogP contribution in [0.4, 0.5) is 10.6 Å². The van der Waals surface area contributed by atoms with Crippen LogP contribution in [0, 0.1) is 0 Å². The molecule has 0 aliphatic carbocycles. The van der Waals surface area contributed by atoms with Crippen LogP contribution < -0.4 is 5.32 Å². The topological polar surface area (TPSA) is 82.5 Å². The van der Waals surface area contributed by atoms with E-state index in [4.69, 9.17) is 5.11 Å². The van der Waals surface area contributed by atoms with E-state index in [1.54, 1.807) is 23.2 Å². The minimum Gasteiger partial charge on any atom is -0.478 e. The Bertz CT molecular complexity index is 535. The molecule has 0 bridgehead atoms. The van der Waals surface area contributed by atoms with Crippen molar-refractivity contribution in [1.82, 2.24) is 9.88 Å². The number of pyridine rings is 1. The summed E-state index contributed by atoms with van der Waals surface area (Å²) in [7, 11) is 0. The van der Waals surface area contributed by atoms with E-state index in [0.717, 1.165) is 44.8 Å². The van der Waals surface area contributed by atoms with E-state index in [2.05, 4.69) is 10.3 Å². The summed E-state index contributed by atoms with van der Waals surface area (Å²) in [5, 5.41) is 11.4. The number of anilines is 1. The highest BCUT2D eigenvalue weighted by Gasteiger charge is 2.15.